The summed E-state index contributed by atoms with van der Waals surface area (Å²) in [5.74, 6) is 1.41. The Morgan fingerprint density at radius 2 is 1.71 bits per heavy atom. The Bertz CT molecular complexity index is 592. The molecule has 1 N–H and O–H groups in total. The van der Waals surface area contributed by atoms with Crippen LogP contribution in [0.15, 0.2) is 36.5 Å². The van der Waals surface area contributed by atoms with Gasteiger partial charge >= 0.3 is 0 Å². The molecule has 4 rings (SSSR count). The third kappa shape index (κ3) is 2.40. The number of rotatable bonds is 3. The molecule has 2 aliphatic rings. The molecule has 0 bridgehead atoms. The van der Waals surface area contributed by atoms with E-state index in [1.165, 1.54) is 49.0 Å². The maximum atomic E-state index is 4.76. The quantitative estimate of drug-likeness (QED) is 0.931. The molecule has 1 aliphatic carbocycles. The van der Waals surface area contributed by atoms with Gasteiger partial charge in [0.15, 0.2) is 0 Å². The van der Waals surface area contributed by atoms with E-state index < -0.39 is 0 Å². The maximum Gasteiger partial charge on any atom is 0.0649 e. The molecular formula is C18H23N3. The minimum Gasteiger partial charge on any atom is -0.317 e. The van der Waals surface area contributed by atoms with E-state index in [1.54, 1.807) is 0 Å². The highest BCUT2D eigenvalue weighted by molar-refractivity contribution is 5.38. The van der Waals surface area contributed by atoms with E-state index in [4.69, 9.17) is 5.10 Å². The van der Waals surface area contributed by atoms with E-state index in [1.807, 2.05) is 0 Å². The zero-order chi connectivity index (χ0) is 14.1. The van der Waals surface area contributed by atoms with Crippen molar-refractivity contribution in [1.82, 2.24) is 15.1 Å². The van der Waals surface area contributed by atoms with Gasteiger partial charge in [0.25, 0.3) is 0 Å². The first-order chi connectivity index (χ1) is 10.4. The molecule has 1 aromatic carbocycles. The Labute approximate surface area is 126 Å². The van der Waals surface area contributed by atoms with Crippen molar-refractivity contribution in [3.05, 3.63) is 47.8 Å². The Balaban J connectivity index is 1.77. The first-order valence-corrected chi connectivity index (χ1v) is 8.27. The van der Waals surface area contributed by atoms with Gasteiger partial charge in [-0.2, -0.15) is 5.10 Å². The lowest BCUT2D eigenvalue weighted by atomic mass is 9.77. The predicted octanol–water partition coefficient (Wildman–Crippen LogP) is 3.61. The monoisotopic (exact) mass is 281 g/mol. The van der Waals surface area contributed by atoms with Crippen molar-refractivity contribution < 1.29 is 0 Å². The van der Waals surface area contributed by atoms with Gasteiger partial charge in [0.1, 0.15) is 0 Å². The Morgan fingerprint density at radius 1 is 0.952 bits per heavy atom. The molecule has 0 radical (unpaired) electrons. The number of piperidine rings is 1. The van der Waals surface area contributed by atoms with Gasteiger partial charge in [-0.25, -0.2) is 4.68 Å². The SMILES string of the molecule is c1ccc(-n2ncc(C3CCC3)c2C2CCNCC2)cc1. The molecule has 0 spiro atoms. The molecule has 0 unspecified atom stereocenters. The predicted molar refractivity (Wildman–Crippen MR) is 85.0 cm³/mol. The summed E-state index contributed by atoms with van der Waals surface area (Å²) in [6.07, 6.45) is 8.69. The van der Waals surface area contributed by atoms with Gasteiger partial charge in [-0.15, -0.1) is 0 Å². The fourth-order valence-corrected chi connectivity index (χ4v) is 3.68. The summed E-state index contributed by atoms with van der Waals surface area (Å²) < 4.78 is 2.21. The highest BCUT2D eigenvalue weighted by Crippen LogP contribution is 2.42. The number of aromatic nitrogens is 2. The maximum absolute atomic E-state index is 4.76. The lowest BCUT2D eigenvalue weighted by molar-refractivity contribution is 0.401. The molecule has 1 saturated carbocycles. The van der Waals surface area contributed by atoms with Crippen LogP contribution in [0.5, 0.6) is 0 Å². The van der Waals surface area contributed by atoms with Gasteiger partial charge in [-0.05, 0) is 62.4 Å². The van der Waals surface area contributed by atoms with Crippen LogP contribution in [0.2, 0.25) is 0 Å². The number of nitrogens with zero attached hydrogens (tertiary/aromatic N) is 2. The van der Waals surface area contributed by atoms with Gasteiger partial charge in [-0.3, -0.25) is 0 Å². The summed E-state index contributed by atoms with van der Waals surface area (Å²) in [6.45, 7) is 2.27. The lowest BCUT2D eigenvalue weighted by Crippen LogP contribution is -2.28. The zero-order valence-corrected chi connectivity index (χ0v) is 12.5. The molecule has 0 amide bonds. The summed E-state index contributed by atoms with van der Waals surface area (Å²) in [5, 5.41) is 8.24. The van der Waals surface area contributed by atoms with E-state index >= 15 is 0 Å². The molecule has 2 heterocycles. The van der Waals surface area contributed by atoms with Crippen LogP contribution in [0.25, 0.3) is 5.69 Å². The normalized spacial score (nSPS) is 20.4. The van der Waals surface area contributed by atoms with Gasteiger partial charge in [0.05, 0.1) is 17.6 Å². The van der Waals surface area contributed by atoms with E-state index in [2.05, 4.69) is 46.5 Å². The summed E-state index contributed by atoms with van der Waals surface area (Å²) >= 11 is 0. The molecule has 2 fully saturated rings. The van der Waals surface area contributed by atoms with Crippen LogP contribution in [-0.4, -0.2) is 22.9 Å². The summed E-state index contributed by atoms with van der Waals surface area (Å²) in [4.78, 5) is 0. The number of hydrogen-bond acceptors (Lipinski definition) is 2. The van der Waals surface area contributed by atoms with Gasteiger partial charge in [0, 0.05) is 5.92 Å². The lowest BCUT2D eigenvalue weighted by Gasteiger charge is -2.30. The van der Waals surface area contributed by atoms with Gasteiger partial charge in [0.2, 0.25) is 0 Å². The second kappa shape index (κ2) is 5.64. The summed E-state index contributed by atoms with van der Waals surface area (Å²) in [6, 6.07) is 10.6. The standard InChI is InChI=1S/C18H23N3/c1-2-7-16(8-3-1)21-18(15-9-11-19-12-10-15)17(13-20-21)14-5-4-6-14/h1-3,7-8,13-15,19H,4-6,9-12H2. The molecule has 110 valence electrons. The molecule has 3 heteroatoms. The number of para-hydroxylation sites is 1. The van der Waals surface area contributed by atoms with Crippen molar-refractivity contribution in [2.24, 2.45) is 0 Å². The Kier molecular flexibility index (Phi) is 3.52. The van der Waals surface area contributed by atoms with Crippen molar-refractivity contribution in [1.29, 1.82) is 0 Å². The summed E-state index contributed by atoms with van der Waals surface area (Å²) in [7, 11) is 0. The van der Waals surface area contributed by atoms with E-state index in [0.717, 1.165) is 19.0 Å². The van der Waals surface area contributed by atoms with Crippen molar-refractivity contribution in [2.75, 3.05) is 13.1 Å². The first kappa shape index (κ1) is 13.1. The topological polar surface area (TPSA) is 29.9 Å². The Morgan fingerprint density at radius 3 is 2.38 bits per heavy atom. The average Bonchev–Trinajstić information content (AvgIpc) is 2.92. The molecule has 1 aromatic heterocycles. The second-order valence-electron chi connectivity index (χ2n) is 6.38. The fourth-order valence-electron chi connectivity index (χ4n) is 3.68. The van der Waals surface area contributed by atoms with Crippen LogP contribution in [0.3, 0.4) is 0 Å². The van der Waals surface area contributed by atoms with Crippen LogP contribution >= 0.6 is 0 Å². The molecule has 1 saturated heterocycles. The van der Waals surface area contributed by atoms with Crippen LogP contribution in [0, 0.1) is 0 Å². The minimum absolute atomic E-state index is 0.657. The third-order valence-corrected chi connectivity index (χ3v) is 5.11. The molecular weight excluding hydrogens is 258 g/mol. The van der Waals surface area contributed by atoms with Crippen LogP contribution in [0.1, 0.15) is 55.2 Å². The van der Waals surface area contributed by atoms with Crippen molar-refractivity contribution in [3.63, 3.8) is 0 Å². The third-order valence-electron chi connectivity index (χ3n) is 5.11. The number of hydrogen-bond donors (Lipinski definition) is 1. The van der Waals surface area contributed by atoms with E-state index in [0.29, 0.717) is 5.92 Å². The molecule has 0 atom stereocenters. The van der Waals surface area contributed by atoms with Crippen molar-refractivity contribution >= 4 is 0 Å². The highest BCUT2D eigenvalue weighted by Gasteiger charge is 2.30. The van der Waals surface area contributed by atoms with E-state index in [-0.39, 0.29) is 0 Å². The highest BCUT2D eigenvalue weighted by atomic mass is 15.3. The molecule has 1 aliphatic heterocycles. The van der Waals surface area contributed by atoms with Gasteiger partial charge < -0.3 is 5.32 Å². The smallest absolute Gasteiger partial charge is 0.0649 e. The van der Waals surface area contributed by atoms with E-state index in [9.17, 15) is 0 Å². The van der Waals surface area contributed by atoms with Crippen molar-refractivity contribution in [3.8, 4) is 5.69 Å². The second-order valence-corrected chi connectivity index (χ2v) is 6.38. The van der Waals surface area contributed by atoms with Crippen LogP contribution in [-0.2, 0) is 0 Å². The number of nitrogens with one attached hydrogen (secondary N) is 1. The largest absolute Gasteiger partial charge is 0.317 e. The molecule has 2 aromatic rings. The molecule has 21 heavy (non-hydrogen) atoms. The fraction of sp³-hybridized carbons (Fsp3) is 0.500. The Hall–Kier alpha value is -1.61. The first-order valence-electron chi connectivity index (χ1n) is 8.27. The summed E-state index contributed by atoms with van der Waals surface area (Å²) in [5.41, 5.74) is 4.22. The minimum atomic E-state index is 0.657. The van der Waals surface area contributed by atoms with Gasteiger partial charge in [-0.1, -0.05) is 24.6 Å². The number of benzene rings is 1. The van der Waals surface area contributed by atoms with Crippen LogP contribution < -0.4 is 5.32 Å². The average molecular weight is 281 g/mol. The zero-order valence-electron chi connectivity index (χ0n) is 12.5. The molecule has 3 nitrogen and oxygen atoms in total. The van der Waals surface area contributed by atoms with Crippen molar-refractivity contribution in [2.45, 2.75) is 43.9 Å². The van der Waals surface area contributed by atoms with Crippen LogP contribution in [0.4, 0.5) is 0 Å².